The third-order valence-electron chi connectivity index (χ3n) is 9.36. The molecule has 2 aromatic carbocycles. The maximum Gasteiger partial charge on any atom is 0.156 e. The molecule has 11 heteroatoms. The Labute approximate surface area is 295 Å². The topological polar surface area (TPSA) is 102 Å². The molecule has 9 nitrogen and oxygen atoms in total. The highest BCUT2D eigenvalue weighted by molar-refractivity contribution is 6.39. The molecule has 248 valence electrons. The van der Waals surface area contributed by atoms with Gasteiger partial charge in [0, 0.05) is 72.9 Å². The first-order valence-electron chi connectivity index (χ1n) is 16.7. The Morgan fingerprint density at radius 1 is 0.673 bits per heavy atom. The molecule has 2 aliphatic rings. The zero-order chi connectivity index (χ0) is 33.3. The highest BCUT2D eigenvalue weighted by Gasteiger charge is 2.21. The number of aliphatic hydroxyl groups excluding tert-OH is 1. The average Bonchev–Trinajstić information content (AvgIpc) is 3.78. The van der Waals surface area contributed by atoms with E-state index >= 15 is 0 Å². The summed E-state index contributed by atoms with van der Waals surface area (Å²) in [6, 6.07) is 19.9. The molecule has 0 amide bonds. The molecule has 0 aliphatic carbocycles. The van der Waals surface area contributed by atoms with Crippen LogP contribution in [-0.4, -0.2) is 67.1 Å². The second-order valence-corrected chi connectivity index (χ2v) is 13.7. The number of rotatable bonds is 9. The number of β-amino-alcohol motifs (C(OH)–C–C–N with tert-alkyl or cyclic N) is 1. The van der Waals surface area contributed by atoms with Crippen LogP contribution in [0.2, 0.25) is 10.0 Å². The SMILES string of the molecule is O[C@H]1CCN(Cc2cnc3c(Nc4cccc(-c5cccc(Nc6nccc7cc(CN8CCCC8)cnc67)c5Cl)c4Cl)nccc3c2)C1. The van der Waals surface area contributed by atoms with E-state index in [-0.39, 0.29) is 6.10 Å². The zero-order valence-corrected chi connectivity index (χ0v) is 28.4. The van der Waals surface area contributed by atoms with Crippen molar-refractivity contribution in [1.82, 2.24) is 29.7 Å². The van der Waals surface area contributed by atoms with Crippen molar-refractivity contribution in [1.29, 1.82) is 0 Å². The molecule has 8 rings (SSSR count). The largest absolute Gasteiger partial charge is 0.392 e. The van der Waals surface area contributed by atoms with Gasteiger partial charge in [-0.1, -0.05) is 47.5 Å². The van der Waals surface area contributed by atoms with Crippen molar-refractivity contribution < 1.29 is 5.11 Å². The monoisotopic (exact) mass is 690 g/mol. The molecular formula is C38H36Cl2N8O. The maximum absolute atomic E-state index is 9.90. The van der Waals surface area contributed by atoms with Crippen LogP contribution in [0.15, 0.2) is 85.5 Å². The Balaban J connectivity index is 1.04. The molecule has 2 saturated heterocycles. The zero-order valence-electron chi connectivity index (χ0n) is 26.9. The van der Waals surface area contributed by atoms with Crippen LogP contribution in [0.4, 0.5) is 23.0 Å². The maximum atomic E-state index is 9.90. The summed E-state index contributed by atoms with van der Waals surface area (Å²) < 4.78 is 0. The highest BCUT2D eigenvalue weighted by atomic mass is 35.5. The quantitative estimate of drug-likeness (QED) is 0.139. The number of hydrogen-bond donors (Lipinski definition) is 3. The van der Waals surface area contributed by atoms with E-state index in [1.54, 1.807) is 12.4 Å². The fourth-order valence-corrected chi connectivity index (χ4v) is 7.46. The number of fused-ring (bicyclic) bond motifs is 2. The van der Waals surface area contributed by atoms with Gasteiger partial charge < -0.3 is 15.7 Å². The summed E-state index contributed by atoms with van der Waals surface area (Å²) in [5.41, 5.74) is 6.79. The number of halogens is 2. The molecule has 49 heavy (non-hydrogen) atoms. The molecule has 3 N–H and O–H groups in total. The summed E-state index contributed by atoms with van der Waals surface area (Å²) in [4.78, 5) is 23.5. The van der Waals surface area contributed by atoms with Gasteiger partial charge >= 0.3 is 0 Å². The Morgan fingerprint density at radius 2 is 1.20 bits per heavy atom. The first kappa shape index (κ1) is 31.9. The van der Waals surface area contributed by atoms with Crippen molar-refractivity contribution in [2.75, 3.05) is 36.8 Å². The predicted molar refractivity (Wildman–Crippen MR) is 198 cm³/mol. The Bertz CT molecular complexity index is 2160. The molecule has 0 saturated carbocycles. The Kier molecular flexibility index (Phi) is 9.01. The van der Waals surface area contributed by atoms with Gasteiger partial charge in [-0.3, -0.25) is 19.8 Å². The van der Waals surface area contributed by atoms with Crippen molar-refractivity contribution in [3.8, 4) is 11.1 Å². The van der Waals surface area contributed by atoms with Crippen LogP contribution in [0.5, 0.6) is 0 Å². The molecule has 0 radical (unpaired) electrons. The summed E-state index contributed by atoms with van der Waals surface area (Å²) >= 11 is 14.1. The summed E-state index contributed by atoms with van der Waals surface area (Å²) in [7, 11) is 0. The van der Waals surface area contributed by atoms with Gasteiger partial charge in [0.25, 0.3) is 0 Å². The summed E-state index contributed by atoms with van der Waals surface area (Å²) in [5, 5.41) is 19.8. The Morgan fingerprint density at radius 3 is 1.71 bits per heavy atom. The second-order valence-electron chi connectivity index (χ2n) is 12.9. The average molecular weight is 692 g/mol. The highest BCUT2D eigenvalue weighted by Crippen LogP contribution is 2.42. The van der Waals surface area contributed by atoms with Crippen molar-refractivity contribution in [3.05, 3.63) is 107 Å². The second kappa shape index (κ2) is 13.9. The van der Waals surface area contributed by atoms with Gasteiger partial charge in [0.1, 0.15) is 11.0 Å². The summed E-state index contributed by atoms with van der Waals surface area (Å²) in [6.45, 7) is 5.52. The lowest BCUT2D eigenvalue weighted by molar-refractivity contribution is 0.175. The number of anilines is 4. The smallest absolute Gasteiger partial charge is 0.156 e. The third kappa shape index (κ3) is 6.77. The lowest BCUT2D eigenvalue weighted by Gasteiger charge is -2.17. The summed E-state index contributed by atoms with van der Waals surface area (Å²) in [6.07, 6.45) is 10.5. The number of hydrogen-bond acceptors (Lipinski definition) is 9. The van der Waals surface area contributed by atoms with Crippen LogP contribution in [0.25, 0.3) is 32.9 Å². The third-order valence-corrected chi connectivity index (χ3v) is 10.2. The number of pyridine rings is 4. The van der Waals surface area contributed by atoms with E-state index in [0.29, 0.717) is 39.6 Å². The predicted octanol–water partition coefficient (Wildman–Crippen LogP) is 8.20. The van der Waals surface area contributed by atoms with E-state index < -0.39 is 0 Å². The number of aromatic nitrogens is 4. The van der Waals surface area contributed by atoms with Crippen molar-refractivity contribution >= 4 is 68.0 Å². The van der Waals surface area contributed by atoms with Crippen LogP contribution in [0, 0.1) is 0 Å². The van der Waals surface area contributed by atoms with Gasteiger partial charge in [-0.2, -0.15) is 0 Å². The number of likely N-dealkylation sites (tertiary alicyclic amines) is 2. The standard InChI is InChI=1S/C38H36Cl2N8O/c39-33-29(5-3-7-31(33)45-37-35-26(9-12-41-37)17-24(19-43-35)21-47-14-1-2-15-47)30-6-4-8-32(34(30)40)46-38-36-27(10-13-42-38)18-25(20-44-36)22-48-16-11-28(49)23-48/h3-10,12-13,17-20,28,49H,1-2,11,14-16,21-23H2,(H,41,45)(H,42,46)/t28-/m0/s1. The minimum absolute atomic E-state index is 0.251. The Hall–Kier alpha value is -4.38. The van der Waals surface area contributed by atoms with Crippen LogP contribution >= 0.6 is 23.2 Å². The minimum atomic E-state index is -0.251. The van der Waals surface area contributed by atoms with Crippen LogP contribution in [-0.2, 0) is 13.1 Å². The molecule has 2 fully saturated rings. The van der Waals surface area contributed by atoms with E-state index in [0.717, 1.165) is 77.6 Å². The van der Waals surface area contributed by atoms with Crippen molar-refractivity contribution in [2.45, 2.75) is 38.5 Å². The van der Waals surface area contributed by atoms with E-state index in [1.807, 2.05) is 60.9 Å². The number of benzene rings is 2. The summed E-state index contributed by atoms with van der Waals surface area (Å²) in [5.74, 6) is 1.25. The molecule has 2 aliphatic heterocycles. The normalized spacial score (nSPS) is 16.9. The molecule has 0 unspecified atom stereocenters. The lowest BCUT2D eigenvalue weighted by atomic mass is 10.0. The van der Waals surface area contributed by atoms with Crippen LogP contribution in [0.1, 0.15) is 30.4 Å². The van der Waals surface area contributed by atoms with Crippen LogP contribution in [0.3, 0.4) is 0 Å². The van der Waals surface area contributed by atoms with Gasteiger partial charge in [-0.05, 0) is 79.9 Å². The molecule has 0 bridgehead atoms. The minimum Gasteiger partial charge on any atom is -0.392 e. The van der Waals surface area contributed by atoms with Crippen molar-refractivity contribution in [3.63, 3.8) is 0 Å². The molecule has 0 spiro atoms. The first-order chi connectivity index (χ1) is 24.0. The van der Waals surface area contributed by atoms with Gasteiger partial charge in [-0.15, -0.1) is 0 Å². The number of nitrogens with zero attached hydrogens (tertiary/aromatic N) is 6. The van der Waals surface area contributed by atoms with E-state index in [4.69, 9.17) is 33.2 Å². The molecule has 1 atom stereocenters. The number of nitrogens with one attached hydrogen (secondary N) is 2. The lowest BCUT2D eigenvalue weighted by Crippen LogP contribution is -2.21. The fourth-order valence-electron chi connectivity index (χ4n) is 6.91. The first-order valence-corrected chi connectivity index (χ1v) is 17.5. The van der Waals surface area contributed by atoms with Gasteiger partial charge in [0.15, 0.2) is 11.6 Å². The fraction of sp³-hybridized carbons (Fsp3) is 0.263. The molecule has 4 aromatic heterocycles. The van der Waals surface area contributed by atoms with E-state index in [1.165, 1.54) is 18.4 Å². The van der Waals surface area contributed by atoms with Crippen LogP contribution < -0.4 is 10.6 Å². The molecule has 6 heterocycles. The molecular weight excluding hydrogens is 655 g/mol. The van der Waals surface area contributed by atoms with E-state index in [9.17, 15) is 5.11 Å². The number of aliphatic hydroxyl groups is 1. The van der Waals surface area contributed by atoms with Gasteiger partial charge in [-0.25, -0.2) is 9.97 Å². The molecule has 6 aromatic rings. The van der Waals surface area contributed by atoms with Gasteiger partial charge in [0.05, 0.1) is 27.5 Å². The van der Waals surface area contributed by atoms with Gasteiger partial charge in [0.2, 0.25) is 0 Å². The van der Waals surface area contributed by atoms with E-state index in [2.05, 4.69) is 42.5 Å². The van der Waals surface area contributed by atoms with Crippen molar-refractivity contribution in [2.24, 2.45) is 0 Å².